The lowest BCUT2D eigenvalue weighted by Crippen LogP contribution is -1.96. The van der Waals surface area contributed by atoms with Gasteiger partial charge in [-0.05, 0) is 71.6 Å². The minimum Gasteiger partial charge on any atom is -0.309 e. The van der Waals surface area contributed by atoms with E-state index in [1.54, 1.807) is 12.4 Å². The molecule has 160 valence electrons. The highest BCUT2D eigenvalue weighted by molar-refractivity contribution is 6.10. The number of aryl methyl sites for hydroxylation is 1. The van der Waals surface area contributed by atoms with Crippen molar-refractivity contribution in [2.45, 2.75) is 6.92 Å². The molecule has 0 bridgehead atoms. The number of rotatable bonds is 3. The Bertz CT molecular complexity index is 1720. The minimum absolute atomic E-state index is 0.630. The molecule has 3 nitrogen and oxygen atoms in total. The molecule has 0 amide bonds. The molecule has 0 atom stereocenters. The summed E-state index contributed by atoms with van der Waals surface area (Å²) < 4.78 is 2.27. The van der Waals surface area contributed by atoms with Gasteiger partial charge < -0.3 is 4.57 Å². The zero-order valence-electron chi connectivity index (χ0n) is 18.7. The van der Waals surface area contributed by atoms with Gasteiger partial charge in [0.1, 0.15) is 0 Å². The Morgan fingerprint density at radius 1 is 0.647 bits per heavy atom. The Kier molecular flexibility index (Phi) is 4.71. The van der Waals surface area contributed by atoms with Crippen LogP contribution in [-0.4, -0.2) is 9.55 Å². The molecule has 0 spiro atoms. The van der Waals surface area contributed by atoms with Gasteiger partial charge in [0, 0.05) is 28.9 Å². The topological polar surface area (TPSA) is 41.6 Å². The van der Waals surface area contributed by atoms with Crippen LogP contribution in [0.1, 0.15) is 11.1 Å². The average molecular weight is 436 g/mol. The Hall–Kier alpha value is -4.68. The van der Waals surface area contributed by atoms with E-state index in [1.807, 2.05) is 24.3 Å². The van der Waals surface area contributed by atoms with Crippen molar-refractivity contribution in [2.75, 3.05) is 0 Å². The summed E-state index contributed by atoms with van der Waals surface area (Å²) in [7, 11) is 0. The first-order valence-electron chi connectivity index (χ1n) is 11.3. The van der Waals surface area contributed by atoms with E-state index in [1.165, 1.54) is 27.5 Å². The number of para-hydroxylation sites is 1. The summed E-state index contributed by atoms with van der Waals surface area (Å²) >= 11 is 0. The lowest BCUT2D eigenvalue weighted by molar-refractivity contribution is 1.18. The van der Waals surface area contributed by atoms with E-state index in [4.69, 9.17) is 0 Å². The second-order valence-electron chi connectivity index (χ2n) is 8.57. The summed E-state index contributed by atoms with van der Waals surface area (Å²) in [5.74, 6) is 0. The number of hydrogen-bond donors (Lipinski definition) is 0. The standard InChI is InChI=1S/C31H21N3/c1-21-5-4-6-24(15-21)25-9-10-29-28-7-2-3-8-30(28)34(31(29)19-25)27-17-22(20-32)16-26(18-27)23-11-13-33-14-12-23/h2-19H,1H3. The van der Waals surface area contributed by atoms with Crippen LogP contribution >= 0.6 is 0 Å². The maximum atomic E-state index is 9.80. The average Bonchev–Trinajstić information content (AvgIpc) is 3.22. The van der Waals surface area contributed by atoms with Gasteiger partial charge in [-0.2, -0.15) is 5.26 Å². The van der Waals surface area contributed by atoms with Gasteiger partial charge in [0.05, 0.1) is 22.7 Å². The number of aromatic nitrogens is 2. The van der Waals surface area contributed by atoms with E-state index in [2.05, 4.69) is 95.3 Å². The van der Waals surface area contributed by atoms with Crippen molar-refractivity contribution in [3.05, 3.63) is 121 Å². The van der Waals surface area contributed by atoms with E-state index in [9.17, 15) is 5.26 Å². The van der Waals surface area contributed by atoms with Crippen LogP contribution in [0.3, 0.4) is 0 Å². The monoisotopic (exact) mass is 435 g/mol. The van der Waals surface area contributed by atoms with Crippen LogP contribution in [0.4, 0.5) is 0 Å². The molecule has 0 saturated heterocycles. The molecule has 0 aliphatic rings. The maximum absolute atomic E-state index is 9.80. The van der Waals surface area contributed by atoms with Crippen LogP contribution in [0.2, 0.25) is 0 Å². The lowest BCUT2D eigenvalue weighted by Gasteiger charge is -2.12. The molecule has 34 heavy (non-hydrogen) atoms. The van der Waals surface area contributed by atoms with Gasteiger partial charge in [-0.25, -0.2) is 0 Å². The highest BCUT2D eigenvalue weighted by atomic mass is 15.0. The summed E-state index contributed by atoms with van der Waals surface area (Å²) in [5.41, 5.74) is 9.48. The van der Waals surface area contributed by atoms with E-state index >= 15 is 0 Å². The fourth-order valence-corrected chi connectivity index (χ4v) is 4.77. The summed E-state index contributed by atoms with van der Waals surface area (Å²) in [6.45, 7) is 2.12. The molecule has 6 rings (SSSR count). The highest BCUT2D eigenvalue weighted by Crippen LogP contribution is 2.36. The Balaban J connectivity index is 1.66. The van der Waals surface area contributed by atoms with Crippen molar-refractivity contribution >= 4 is 21.8 Å². The van der Waals surface area contributed by atoms with Crippen LogP contribution in [0.15, 0.2) is 109 Å². The van der Waals surface area contributed by atoms with E-state index in [0.29, 0.717) is 5.56 Å². The maximum Gasteiger partial charge on any atom is 0.0992 e. The van der Waals surface area contributed by atoms with Crippen LogP contribution < -0.4 is 0 Å². The number of benzene rings is 4. The number of nitrogens with zero attached hydrogens (tertiary/aromatic N) is 3. The smallest absolute Gasteiger partial charge is 0.0992 e. The van der Waals surface area contributed by atoms with Gasteiger partial charge in [-0.3, -0.25) is 4.98 Å². The number of nitriles is 1. The third kappa shape index (κ3) is 3.34. The number of pyridine rings is 1. The molecule has 0 aliphatic heterocycles. The summed E-state index contributed by atoms with van der Waals surface area (Å²) in [5, 5.41) is 12.2. The molecule has 2 heterocycles. The molecule has 0 fully saturated rings. The van der Waals surface area contributed by atoms with Crippen molar-refractivity contribution in [2.24, 2.45) is 0 Å². The number of hydrogen-bond acceptors (Lipinski definition) is 2. The fraction of sp³-hybridized carbons (Fsp3) is 0.0323. The summed E-state index contributed by atoms with van der Waals surface area (Å²) in [4.78, 5) is 4.14. The molecule has 4 aromatic carbocycles. The zero-order valence-corrected chi connectivity index (χ0v) is 18.7. The Morgan fingerprint density at radius 2 is 1.44 bits per heavy atom. The van der Waals surface area contributed by atoms with Crippen LogP contribution in [0.5, 0.6) is 0 Å². The molecular weight excluding hydrogens is 414 g/mol. The van der Waals surface area contributed by atoms with Crippen LogP contribution in [0.25, 0.3) is 49.7 Å². The van der Waals surface area contributed by atoms with Gasteiger partial charge in [0.15, 0.2) is 0 Å². The molecule has 0 saturated carbocycles. The first kappa shape index (κ1) is 20.0. The second kappa shape index (κ2) is 8.03. The predicted octanol–water partition coefficient (Wildman–Crippen LogP) is 7.69. The van der Waals surface area contributed by atoms with Crippen LogP contribution in [-0.2, 0) is 0 Å². The molecule has 0 unspecified atom stereocenters. The Labute approximate surface area is 198 Å². The normalized spacial score (nSPS) is 11.1. The number of fused-ring (bicyclic) bond motifs is 3. The van der Waals surface area contributed by atoms with E-state index in [-0.39, 0.29) is 0 Å². The molecule has 2 aromatic heterocycles. The predicted molar refractivity (Wildman–Crippen MR) is 139 cm³/mol. The molecule has 6 aromatic rings. The first-order chi connectivity index (χ1) is 16.7. The van der Waals surface area contributed by atoms with Gasteiger partial charge in [0.2, 0.25) is 0 Å². The highest BCUT2D eigenvalue weighted by Gasteiger charge is 2.15. The molecule has 0 radical (unpaired) electrons. The van der Waals surface area contributed by atoms with Crippen molar-refractivity contribution in [3.63, 3.8) is 0 Å². The summed E-state index contributed by atoms with van der Waals surface area (Å²) in [6, 6.07) is 36.1. The van der Waals surface area contributed by atoms with Gasteiger partial charge >= 0.3 is 0 Å². The SMILES string of the molecule is Cc1cccc(-c2ccc3c4ccccc4n(-c4cc(C#N)cc(-c5ccncc5)c4)c3c2)c1. The van der Waals surface area contributed by atoms with Crippen LogP contribution in [0, 0.1) is 18.3 Å². The first-order valence-corrected chi connectivity index (χ1v) is 11.3. The van der Waals surface area contributed by atoms with Crippen molar-refractivity contribution in [1.29, 1.82) is 5.26 Å². The van der Waals surface area contributed by atoms with E-state index < -0.39 is 0 Å². The van der Waals surface area contributed by atoms with Crippen molar-refractivity contribution in [1.82, 2.24) is 9.55 Å². The Morgan fingerprint density at radius 3 is 2.26 bits per heavy atom. The molecular formula is C31H21N3. The van der Waals surface area contributed by atoms with Gasteiger partial charge in [-0.1, -0.05) is 60.2 Å². The largest absolute Gasteiger partial charge is 0.309 e. The minimum atomic E-state index is 0.630. The van der Waals surface area contributed by atoms with Crippen molar-refractivity contribution < 1.29 is 0 Å². The molecule has 3 heteroatoms. The second-order valence-corrected chi connectivity index (χ2v) is 8.57. The molecule has 0 N–H and O–H groups in total. The third-order valence-corrected chi connectivity index (χ3v) is 6.34. The quantitative estimate of drug-likeness (QED) is 0.286. The van der Waals surface area contributed by atoms with E-state index in [0.717, 1.165) is 27.8 Å². The molecule has 0 aliphatic carbocycles. The summed E-state index contributed by atoms with van der Waals surface area (Å²) in [6.07, 6.45) is 3.56. The lowest BCUT2D eigenvalue weighted by atomic mass is 10.0. The van der Waals surface area contributed by atoms with Crippen molar-refractivity contribution in [3.8, 4) is 34.0 Å². The zero-order chi connectivity index (χ0) is 23.1. The van der Waals surface area contributed by atoms with Gasteiger partial charge in [-0.15, -0.1) is 0 Å². The fourth-order valence-electron chi connectivity index (χ4n) is 4.77. The van der Waals surface area contributed by atoms with Gasteiger partial charge in [0.25, 0.3) is 0 Å². The third-order valence-electron chi connectivity index (χ3n) is 6.34.